The number of amides is 2. The molecule has 11 heteroatoms. The molecule has 0 radical (unpaired) electrons. The molecule has 2 N–H and O–H groups in total. The fourth-order valence-electron chi connectivity index (χ4n) is 3.49. The monoisotopic (exact) mass is 559 g/mol. The third-order valence-corrected chi connectivity index (χ3v) is 6.16. The van der Waals surface area contributed by atoms with Gasteiger partial charge in [0.05, 0.1) is 7.11 Å². The van der Waals surface area contributed by atoms with Crippen molar-refractivity contribution in [3.8, 4) is 0 Å². The summed E-state index contributed by atoms with van der Waals surface area (Å²) < 4.78 is 20.7. The maximum atomic E-state index is 13.1. The predicted octanol–water partition coefficient (Wildman–Crippen LogP) is 4.38. The molecule has 2 rings (SSSR count). The van der Waals surface area contributed by atoms with Crippen molar-refractivity contribution < 1.29 is 38.1 Å². The van der Waals surface area contributed by atoms with Crippen LogP contribution in [0.2, 0.25) is 0 Å². The standard InChI is InChI=1S/C29H41N3O8/c1-9-17(2)23(32-28(36)40-29(5,6)7)26(34)38-16-39-27(35)24-21(18(3)14-19(4)37-8)12-13-22(31-24)25(33)30-15-20-10-11-20/h12-14,17,20,23H,4,9-11,15-16H2,1-3,5-8H3,(H,30,33)(H,32,36)/b18-14+/t17-,23-/m0/s1. The number of carbonyl (C=O) groups is 4. The van der Waals surface area contributed by atoms with Crippen LogP contribution >= 0.6 is 0 Å². The van der Waals surface area contributed by atoms with Gasteiger partial charge in [0.2, 0.25) is 6.79 Å². The zero-order valence-corrected chi connectivity index (χ0v) is 24.4. The predicted molar refractivity (Wildman–Crippen MR) is 148 cm³/mol. The number of allylic oxidation sites excluding steroid dienone is 2. The Morgan fingerprint density at radius 3 is 2.42 bits per heavy atom. The Hall–Kier alpha value is -3.89. The van der Waals surface area contributed by atoms with E-state index in [1.54, 1.807) is 46.8 Å². The fraction of sp³-hybridized carbons (Fsp3) is 0.552. The van der Waals surface area contributed by atoms with Crippen LogP contribution in [0.4, 0.5) is 4.79 Å². The van der Waals surface area contributed by atoms with Gasteiger partial charge in [-0.25, -0.2) is 19.4 Å². The Balaban J connectivity index is 2.16. The van der Waals surface area contributed by atoms with Gasteiger partial charge in [0.1, 0.15) is 23.1 Å². The zero-order chi connectivity index (χ0) is 30.0. The number of esters is 2. The summed E-state index contributed by atoms with van der Waals surface area (Å²) in [4.78, 5) is 55.0. The molecule has 0 unspecified atom stereocenters. The van der Waals surface area contributed by atoms with Crippen LogP contribution in [0.1, 0.15) is 87.3 Å². The minimum atomic E-state index is -1.02. The number of carbonyl (C=O) groups excluding carboxylic acids is 4. The number of nitrogens with one attached hydrogen (secondary N) is 2. The van der Waals surface area contributed by atoms with Crippen LogP contribution in [0.3, 0.4) is 0 Å². The van der Waals surface area contributed by atoms with Gasteiger partial charge in [-0.05, 0) is 76.2 Å². The molecule has 1 aromatic heterocycles. The fourth-order valence-corrected chi connectivity index (χ4v) is 3.49. The number of aromatic nitrogens is 1. The molecule has 1 heterocycles. The van der Waals surface area contributed by atoms with Gasteiger partial charge in [0, 0.05) is 12.1 Å². The molecule has 1 aliphatic rings. The van der Waals surface area contributed by atoms with E-state index in [0.29, 0.717) is 35.8 Å². The molecule has 0 spiro atoms. The van der Waals surface area contributed by atoms with Gasteiger partial charge in [-0.2, -0.15) is 0 Å². The zero-order valence-electron chi connectivity index (χ0n) is 24.4. The van der Waals surface area contributed by atoms with Crippen LogP contribution in [0.5, 0.6) is 0 Å². The van der Waals surface area contributed by atoms with Crippen molar-refractivity contribution in [1.29, 1.82) is 0 Å². The lowest BCUT2D eigenvalue weighted by molar-refractivity contribution is -0.156. The molecule has 1 fully saturated rings. The third-order valence-electron chi connectivity index (χ3n) is 6.16. The van der Waals surface area contributed by atoms with E-state index in [0.717, 1.165) is 12.8 Å². The summed E-state index contributed by atoms with van der Waals surface area (Å²) in [7, 11) is 1.46. The molecule has 0 bridgehead atoms. The van der Waals surface area contributed by atoms with Crippen LogP contribution < -0.4 is 10.6 Å². The lowest BCUT2D eigenvalue weighted by Gasteiger charge is -2.25. The van der Waals surface area contributed by atoms with Gasteiger partial charge in [0.25, 0.3) is 5.91 Å². The Kier molecular flexibility index (Phi) is 11.7. The first kappa shape index (κ1) is 32.3. The van der Waals surface area contributed by atoms with Crippen molar-refractivity contribution in [1.82, 2.24) is 15.6 Å². The maximum absolute atomic E-state index is 13.1. The average Bonchev–Trinajstić information content (AvgIpc) is 3.72. The molecule has 1 saturated carbocycles. The first-order chi connectivity index (χ1) is 18.7. The Morgan fingerprint density at radius 1 is 1.18 bits per heavy atom. The van der Waals surface area contributed by atoms with Gasteiger partial charge in [-0.1, -0.05) is 26.8 Å². The van der Waals surface area contributed by atoms with Crippen molar-refractivity contribution in [3.63, 3.8) is 0 Å². The number of pyridine rings is 1. The minimum absolute atomic E-state index is 0.0464. The van der Waals surface area contributed by atoms with Gasteiger partial charge in [-0.3, -0.25) is 4.79 Å². The summed E-state index contributed by atoms with van der Waals surface area (Å²) in [5, 5.41) is 5.34. The molecule has 1 aromatic rings. The Morgan fingerprint density at radius 2 is 1.85 bits per heavy atom. The summed E-state index contributed by atoms with van der Waals surface area (Å²) in [6.45, 7) is 14.0. The van der Waals surface area contributed by atoms with E-state index in [4.69, 9.17) is 18.9 Å². The number of alkyl carbamates (subject to hydrolysis) is 1. The third kappa shape index (κ3) is 10.3. The lowest BCUT2D eigenvalue weighted by Crippen LogP contribution is -2.47. The number of methoxy groups -OCH3 is 1. The van der Waals surface area contributed by atoms with E-state index in [1.165, 1.54) is 13.2 Å². The molecule has 0 aliphatic heterocycles. The first-order valence-electron chi connectivity index (χ1n) is 13.3. The number of hydrogen-bond donors (Lipinski definition) is 2. The van der Waals surface area contributed by atoms with E-state index in [9.17, 15) is 19.2 Å². The Bertz CT molecular complexity index is 1130. The van der Waals surface area contributed by atoms with E-state index in [-0.39, 0.29) is 17.3 Å². The Labute approximate surface area is 235 Å². The van der Waals surface area contributed by atoms with Gasteiger partial charge >= 0.3 is 18.0 Å². The van der Waals surface area contributed by atoms with Gasteiger partial charge in [-0.15, -0.1) is 0 Å². The number of hydrogen-bond acceptors (Lipinski definition) is 9. The molecule has 1 aliphatic carbocycles. The number of nitrogens with zero attached hydrogens (tertiary/aromatic N) is 1. The average molecular weight is 560 g/mol. The smallest absolute Gasteiger partial charge is 0.408 e. The quantitative estimate of drug-likeness (QED) is 0.156. The molecule has 11 nitrogen and oxygen atoms in total. The SMILES string of the molecule is C=C(/C=C(\C)c1ccc(C(=O)NCC2CC2)nc1C(=O)OCOC(=O)[C@@H](NC(=O)OC(C)(C)C)[C@@H](C)CC)OC. The molecule has 0 saturated heterocycles. The van der Waals surface area contributed by atoms with Crippen LogP contribution in [0.25, 0.3) is 5.57 Å². The summed E-state index contributed by atoms with van der Waals surface area (Å²) in [6, 6.07) is 2.08. The molecule has 220 valence electrons. The topological polar surface area (TPSA) is 142 Å². The highest BCUT2D eigenvalue weighted by Gasteiger charge is 2.30. The van der Waals surface area contributed by atoms with Crippen LogP contribution in [-0.4, -0.2) is 61.0 Å². The summed E-state index contributed by atoms with van der Waals surface area (Å²) >= 11 is 0. The first-order valence-corrected chi connectivity index (χ1v) is 13.3. The highest BCUT2D eigenvalue weighted by Crippen LogP contribution is 2.27. The molecule has 2 amide bonds. The van der Waals surface area contributed by atoms with Crippen molar-refractivity contribution in [2.45, 2.75) is 72.4 Å². The van der Waals surface area contributed by atoms with Crippen molar-refractivity contribution in [2.24, 2.45) is 11.8 Å². The minimum Gasteiger partial charge on any atom is -0.497 e. The van der Waals surface area contributed by atoms with Crippen LogP contribution in [0, 0.1) is 11.8 Å². The lowest BCUT2D eigenvalue weighted by atomic mass is 9.99. The summed E-state index contributed by atoms with van der Waals surface area (Å²) in [5.74, 6) is -1.57. The largest absolute Gasteiger partial charge is 0.497 e. The maximum Gasteiger partial charge on any atom is 0.408 e. The molecular formula is C29H41N3O8. The molecule has 40 heavy (non-hydrogen) atoms. The van der Waals surface area contributed by atoms with E-state index in [1.807, 2.05) is 6.92 Å². The molecule has 2 atom stereocenters. The highest BCUT2D eigenvalue weighted by atomic mass is 16.7. The second kappa shape index (κ2) is 14.5. The summed E-state index contributed by atoms with van der Waals surface area (Å²) in [5.41, 5.74) is 0.131. The van der Waals surface area contributed by atoms with Crippen molar-refractivity contribution >= 4 is 29.5 Å². The van der Waals surface area contributed by atoms with Gasteiger partial charge < -0.3 is 29.6 Å². The number of ether oxygens (including phenoxy) is 4. The van der Waals surface area contributed by atoms with Crippen molar-refractivity contribution in [2.75, 3.05) is 20.4 Å². The summed E-state index contributed by atoms with van der Waals surface area (Å²) in [6.07, 6.45) is 3.55. The second-order valence-corrected chi connectivity index (χ2v) is 10.8. The van der Waals surface area contributed by atoms with Crippen LogP contribution in [0.15, 0.2) is 30.5 Å². The van der Waals surface area contributed by atoms with Crippen LogP contribution in [-0.2, 0) is 23.7 Å². The number of rotatable bonds is 13. The second-order valence-electron chi connectivity index (χ2n) is 10.8. The highest BCUT2D eigenvalue weighted by molar-refractivity contribution is 5.97. The van der Waals surface area contributed by atoms with Crippen molar-refractivity contribution in [3.05, 3.63) is 47.5 Å². The van der Waals surface area contributed by atoms with E-state index >= 15 is 0 Å². The van der Waals surface area contributed by atoms with Gasteiger partial charge in [0.15, 0.2) is 5.69 Å². The normalized spacial score (nSPS) is 14.8. The van der Waals surface area contributed by atoms with E-state index < -0.39 is 42.4 Å². The molecule has 0 aromatic carbocycles. The molecular weight excluding hydrogens is 518 g/mol. The van der Waals surface area contributed by atoms with E-state index in [2.05, 4.69) is 22.2 Å².